The van der Waals surface area contributed by atoms with Crippen LogP contribution in [0.2, 0.25) is 10.0 Å². The Hall–Kier alpha value is -1.80. The van der Waals surface area contributed by atoms with E-state index in [1.807, 2.05) is 0 Å². The molecule has 0 unspecified atom stereocenters. The van der Waals surface area contributed by atoms with Gasteiger partial charge in [0, 0.05) is 13.1 Å². The number of nitrogens with zero attached hydrogens (tertiary/aromatic N) is 1. The summed E-state index contributed by atoms with van der Waals surface area (Å²) >= 11 is 12.1. The average molecular weight is 443 g/mol. The summed E-state index contributed by atoms with van der Waals surface area (Å²) in [6.45, 7) is 0.708. The van der Waals surface area contributed by atoms with Crippen LogP contribution in [0.1, 0.15) is 19.3 Å². The van der Waals surface area contributed by atoms with Gasteiger partial charge in [-0.15, -0.1) is 0 Å². The molecule has 1 amide bonds. The summed E-state index contributed by atoms with van der Waals surface area (Å²) in [5.74, 6) is -0.0961. The van der Waals surface area contributed by atoms with Crippen LogP contribution in [0.5, 0.6) is 5.75 Å². The van der Waals surface area contributed by atoms with Crippen molar-refractivity contribution in [1.29, 1.82) is 0 Å². The van der Waals surface area contributed by atoms with Crippen LogP contribution < -0.4 is 10.1 Å². The number of benzene rings is 2. The largest absolute Gasteiger partial charge is 0.482 e. The number of para-hydroxylation sites is 1. The zero-order chi connectivity index (χ0) is 20.1. The van der Waals surface area contributed by atoms with Crippen LogP contribution in [0.25, 0.3) is 0 Å². The van der Waals surface area contributed by atoms with E-state index in [-0.39, 0.29) is 22.2 Å². The van der Waals surface area contributed by atoms with Gasteiger partial charge in [-0.1, -0.05) is 41.8 Å². The molecule has 1 aliphatic heterocycles. The molecule has 0 spiro atoms. The summed E-state index contributed by atoms with van der Waals surface area (Å²) in [6, 6.07) is 11.1. The third kappa shape index (κ3) is 4.97. The van der Waals surface area contributed by atoms with Crippen molar-refractivity contribution >= 4 is 44.8 Å². The van der Waals surface area contributed by atoms with Crippen molar-refractivity contribution in [1.82, 2.24) is 4.31 Å². The van der Waals surface area contributed by atoms with Gasteiger partial charge in [0.1, 0.15) is 5.75 Å². The zero-order valence-electron chi connectivity index (χ0n) is 15.0. The number of anilines is 1. The molecule has 1 saturated heterocycles. The summed E-state index contributed by atoms with van der Waals surface area (Å²) in [5.41, 5.74) is 0.215. The second-order valence-corrected chi connectivity index (χ2v) is 9.13. The average Bonchev–Trinajstić information content (AvgIpc) is 2.69. The molecule has 0 radical (unpaired) electrons. The minimum atomic E-state index is -3.62. The quantitative estimate of drug-likeness (QED) is 0.727. The Morgan fingerprint density at radius 1 is 1.04 bits per heavy atom. The van der Waals surface area contributed by atoms with Gasteiger partial charge in [-0.05, 0) is 43.2 Å². The summed E-state index contributed by atoms with van der Waals surface area (Å²) in [4.78, 5) is 12.3. The van der Waals surface area contributed by atoms with Gasteiger partial charge >= 0.3 is 0 Å². The Kier molecular flexibility index (Phi) is 6.82. The molecule has 0 atom stereocenters. The fourth-order valence-corrected chi connectivity index (χ4v) is 4.81. The van der Waals surface area contributed by atoms with E-state index in [9.17, 15) is 13.2 Å². The fourth-order valence-electron chi connectivity index (χ4n) is 2.91. The molecule has 28 heavy (non-hydrogen) atoms. The molecular formula is C19H20Cl2N2O4S. The highest BCUT2D eigenvalue weighted by Crippen LogP contribution is 2.28. The van der Waals surface area contributed by atoms with Crippen molar-refractivity contribution in [2.75, 3.05) is 25.0 Å². The van der Waals surface area contributed by atoms with Crippen molar-refractivity contribution in [3.8, 4) is 5.75 Å². The van der Waals surface area contributed by atoms with Gasteiger partial charge in [-0.25, -0.2) is 8.42 Å². The molecule has 3 rings (SSSR count). The van der Waals surface area contributed by atoms with Gasteiger partial charge in [0.05, 0.1) is 20.6 Å². The van der Waals surface area contributed by atoms with Crippen LogP contribution in [0, 0.1) is 0 Å². The highest BCUT2D eigenvalue weighted by molar-refractivity contribution is 7.89. The predicted molar refractivity (Wildman–Crippen MR) is 110 cm³/mol. The maximum Gasteiger partial charge on any atom is 0.262 e. The van der Waals surface area contributed by atoms with E-state index in [2.05, 4.69) is 5.32 Å². The standard InChI is InChI=1S/C19H20Cl2N2O4S/c20-15-9-8-14(28(25,26)23-10-4-1-5-11-23)12-17(15)22-19(24)13-27-18-7-3-2-6-16(18)21/h2-3,6-9,12H,1,4-5,10-11,13H2,(H,22,24). The molecule has 9 heteroatoms. The number of rotatable bonds is 6. The second kappa shape index (κ2) is 9.13. The minimum absolute atomic E-state index is 0.0983. The molecule has 1 N–H and O–H groups in total. The van der Waals surface area contributed by atoms with E-state index in [0.717, 1.165) is 19.3 Å². The third-order valence-corrected chi connectivity index (χ3v) is 6.90. The SMILES string of the molecule is O=C(COc1ccccc1Cl)Nc1cc(S(=O)(=O)N2CCCCC2)ccc1Cl. The van der Waals surface area contributed by atoms with Gasteiger partial charge in [0.2, 0.25) is 10.0 Å². The van der Waals surface area contributed by atoms with Gasteiger partial charge in [0.15, 0.2) is 6.61 Å². The Morgan fingerprint density at radius 3 is 2.46 bits per heavy atom. The summed E-state index contributed by atoms with van der Waals surface area (Å²) in [6.07, 6.45) is 2.71. The van der Waals surface area contributed by atoms with Crippen LogP contribution in [-0.2, 0) is 14.8 Å². The molecule has 150 valence electrons. The normalized spacial score (nSPS) is 15.2. The molecule has 1 aliphatic rings. The van der Waals surface area contributed by atoms with Gasteiger partial charge in [-0.2, -0.15) is 4.31 Å². The smallest absolute Gasteiger partial charge is 0.262 e. The topological polar surface area (TPSA) is 75.7 Å². The van der Waals surface area contributed by atoms with Crippen molar-refractivity contribution in [2.45, 2.75) is 24.2 Å². The first-order valence-corrected chi connectivity index (χ1v) is 11.0. The van der Waals surface area contributed by atoms with Crippen molar-refractivity contribution in [3.05, 3.63) is 52.5 Å². The summed E-state index contributed by atoms with van der Waals surface area (Å²) < 4.78 is 32.5. The maximum atomic E-state index is 12.8. The molecule has 0 aliphatic carbocycles. The number of hydrogen-bond donors (Lipinski definition) is 1. The van der Waals surface area contributed by atoms with Crippen molar-refractivity contribution < 1.29 is 17.9 Å². The number of amides is 1. The number of carbonyl (C=O) groups excluding carboxylic acids is 1. The Morgan fingerprint density at radius 2 is 1.75 bits per heavy atom. The van der Waals surface area contributed by atoms with Gasteiger partial charge in [-0.3, -0.25) is 4.79 Å². The molecule has 0 bridgehead atoms. The number of sulfonamides is 1. The number of piperidine rings is 1. The first-order valence-electron chi connectivity index (χ1n) is 8.85. The van der Waals surface area contributed by atoms with Crippen molar-refractivity contribution in [2.24, 2.45) is 0 Å². The van der Waals surface area contributed by atoms with E-state index in [1.54, 1.807) is 24.3 Å². The van der Waals surface area contributed by atoms with Gasteiger partial charge in [0.25, 0.3) is 5.91 Å². The van der Waals surface area contributed by atoms with Gasteiger partial charge < -0.3 is 10.1 Å². The lowest BCUT2D eigenvalue weighted by Crippen LogP contribution is -2.35. The second-order valence-electron chi connectivity index (χ2n) is 6.37. The molecule has 1 heterocycles. The van der Waals surface area contributed by atoms with Crippen molar-refractivity contribution in [3.63, 3.8) is 0 Å². The zero-order valence-corrected chi connectivity index (χ0v) is 17.4. The molecule has 0 aromatic heterocycles. The lowest BCUT2D eigenvalue weighted by molar-refractivity contribution is -0.118. The Bertz CT molecular complexity index is 960. The van der Waals surface area contributed by atoms with E-state index in [1.165, 1.54) is 22.5 Å². The predicted octanol–water partition coefficient (Wildman–Crippen LogP) is 4.19. The van der Waals surface area contributed by atoms with E-state index < -0.39 is 15.9 Å². The number of halogens is 2. The highest BCUT2D eigenvalue weighted by atomic mass is 35.5. The van der Waals surface area contributed by atoms with E-state index in [0.29, 0.717) is 23.9 Å². The third-order valence-electron chi connectivity index (χ3n) is 4.36. The van der Waals surface area contributed by atoms with E-state index in [4.69, 9.17) is 27.9 Å². The molecule has 0 saturated carbocycles. The molecule has 1 fully saturated rings. The highest BCUT2D eigenvalue weighted by Gasteiger charge is 2.26. The molecule has 2 aromatic rings. The number of carbonyl (C=O) groups is 1. The lowest BCUT2D eigenvalue weighted by Gasteiger charge is -2.26. The Balaban J connectivity index is 1.71. The first kappa shape index (κ1) is 20.9. The fraction of sp³-hybridized carbons (Fsp3) is 0.316. The van der Waals surface area contributed by atoms with Crippen LogP contribution in [-0.4, -0.2) is 38.3 Å². The Labute approximate surface area is 174 Å². The van der Waals surface area contributed by atoms with Crippen LogP contribution >= 0.6 is 23.2 Å². The van der Waals surface area contributed by atoms with Crippen LogP contribution in [0.4, 0.5) is 5.69 Å². The minimum Gasteiger partial charge on any atom is -0.482 e. The first-order chi connectivity index (χ1) is 13.4. The maximum absolute atomic E-state index is 12.8. The molecular weight excluding hydrogens is 423 g/mol. The molecule has 2 aromatic carbocycles. The monoisotopic (exact) mass is 442 g/mol. The molecule has 6 nitrogen and oxygen atoms in total. The van der Waals surface area contributed by atoms with E-state index >= 15 is 0 Å². The summed E-state index contributed by atoms with van der Waals surface area (Å²) in [7, 11) is -3.62. The summed E-state index contributed by atoms with van der Waals surface area (Å²) in [5, 5.41) is 3.22. The van der Waals surface area contributed by atoms with Crippen LogP contribution in [0.3, 0.4) is 0 Å². The lowest BCUT2D eigenvalue weighted by atomic mass is 10.2. The number of nitrogens with one attached hydrogen (secondary N) is 1. The number of hydrogen-bond acceptors (Lipinski definition) is 4. The number of ether oxygens (including phenoxy) is 1. The van der Waals surface area contributed by atoms with Crippen LogP contribution in [0.15, 0.2) is 47.4 Å².